The first-order valence-electron chi connectivity index (χ1n) is 3.01. The Morgan fingerprint density at radius 1 is 1.47 bits per heavy atom. The minimum absolute atomic E-state index is 0. The number of aliphatic carboxylic acids is 1. The topological polar surface area (TPSA) is 117 Å². The predicted octanol–water partition coefficient (Wildman–Crippen LogP) is -2.41. The van der Waals surface area contributed by atoms with E-state index in [1.165, 1.54) is 5.25 Å². The number of halogens is 2. The molecule has 0 spiro atoms. The van der Waals surface area contributed by atoms with Gasteiger partial charge in [0.2, 0.25) is 0 Å². The largest absolute Gasteiger partial charge is 1.00 e. The number of carboxylic acid groups (broad SMARTS) is 1. The number of hydrogen-bond donors (Lipinski definition) is 2. The maximum Gasteiger partial charge on any atom is 1.00 e. The van der Waals surface area contributed by atoms with Crippen LogP contribution >= 0.6 is 7.66 Å². The van der Waals surface area contributed by atoms with Gasteiger partial charge in [-0.05, 0) is 0 Å². The zero-order chi connectivity index (χ0) is 10.8. The van der Waals surface area contributed by atoms with Crippen molar-refractivity contribution in [1.82, 2.24) is 5.25 Å². The summed E-state index contributed by atoms with van der Waals surface area (Å²) in [7, 11) is -5.24. The van der Waals surface area contributed by atoms with Gasteiger partial charge in [0.25, 0.3) is 0 Å². The molecule has 84 valence electrons. The second kappa shape index (κ2) is 4.67. The van der Waals surface area contributed by atoms with Gasteiger partial charge in [-0.15, -0.1) is 0 Å². The zero-order valence-electron chi connectivity index (χ0n) is 8.31. The van der Waals surface area contributed by atoms with Gasteiger partial charge in [0.05, 0.1) is 0 Å². The Kier molecular flexibility index (Phi) is 4.57. The average Bonchev–Trinajstić information content (AvgIpc) is 2.82. The Hall–Kier alpha value is -0.333. The fourth-order valence-corrected chi connectivity index (χ4v) is 1.59. The summed E-state index contributed by atoms with van der Waals surface area (Å²) >= 11 is 0. The zero-order valence-corrected chi connectivity index (χ0v) is 8.20. The maximum atomic E-state index is 11.8. The van der Waals surface area contributed by atoms with Gasteiger partial charge in [0, 0.05) is 0 Å². The van der Waals surface area contributed by atoms with Crippen molar-refractivity contribution in [2.45, 2.75) is 6.42 Å². The van der Waals surface area contributed by atoms with Crippen molar-refractivity contribution in [3.05, 3.63) is 0 Å². The molecule has 0 amide bonds. The van der Waals surface area contributed by atoms with Crippen LogP contribution in [0.3, 0.4) is 0 Å². The number of carbonyl (C=O) groups is 2. The number of rotatable bonds is 5. The SMILES string of the molecule is O=C(O)CC(=O)OP1(OF)(OF)NO1.[H-].[Li+]. The summed E-state index contributed by atoms with van der Waals surface area (Å²) in [6.45, 7) is 0. The van der Waals surface area contributed by atoms with Crippen LogP contribution in [-0.4, -0.2) is 17.0 Å². The van der Waals surface area contributed by atoms with E-state index < -0.39 is 26.0 Å². The predicted molar refractivity (Wildman–Crippen MR) is 35.0 cm³/mol. The number of nitrogens with one attached hydrogen (secondary N) is 1. The molecule has 0 aromatic rings. The molecule has 1 heterocycles. The summed E-state index contributed by atoms with van der Waals surface area (Å²) in [5.74, 6) is -3.03. The van der Waals surface area contributed by atoms with Gasteiger partial charge in [-0.25, -0.2) is 0 Å². The number of carbonyl (C=O) groups excluding carboxylic acids is 1. The van der Waals surface area contributed by atoms with Crippen LogP contribution in [0.4, 0.5) is 9.05 Å². The van der Waals surface area contributed by atoms with Crippen LogP contribution in [0, 0.1) is 0 Å². The van der Waals surface area contributed by atoms with Crippen molar-refractivity contribution in [2.24, 2.45) is 0 Å². The molecule has 1 fully saturated rings. The van der Waals surface area contributed by atoms with Crippen LogP contribution < -0.4 is 24.1 Å². The number of carboxylic acids is 1. The van der Waals surface area contributed by atoms with Crippen molar-refractivity contribution in [3.63, 3.8) is 0 Å². The molecule has 8 nitrogen and oxygen atoms in total. The van der Waals surface area contributed by atoms with Crippen LogP contribution in [0.5, 0.6) is 0 Å². The van der Waals surface area contributed by atoms with E-state index in [1.54, 1.807) is 0 Å². The maximum absolute atomic E-state index is 11.8. The summed E-state index contributed by atoms with van der Waals surface area (Å²) in [5.41, 5.74) is 0. The Morgan fingerprint density at radius 2 is 1.93 bits per heavy atom. The van der Waals surface area contributed by atoms with Gasteiger partial charge in [-0.2, -0.15) is 0 Å². The number of hydrogen-bond acceptors (Lipinski definition) is 7. The van der Waals surface area contributed by atoms with E-state index in [9.17, 15) is 18.6 Å². The summed E-state index contributed by atoms with van der Waals surface area (Å²) in [4.78, 5) is 20.6. The fraction of sp³-hybridized carbons (Fsp3) is 0.333. The molecule has 1 aliphatic heterocycles. The molecular formula is C3H5F2LiNO7P. The molecule has 1 aliphatic rings. The summed E-state index contributed by atoms with van der Waals surface area (Å²) in [6.07, 6.45) is -1.12. The summed E-state index contributed by atoms with van der Waals surface area (Å²) in [6, 6.07) is 0. The van der Waals surface area contributed by atoms with Gasteiger partial charge in [-0.3, -0.25) is 0 Å². The Labute approximate surface area is 94.5 Å². The van der Waals surface area contributed by atoms with Crippen molar-refractivity contribution in [3.8, 4) is 0 Å². The molecule has 0 aliphatic carbocycles. The van der Waals surface area contributed by atoms with Crippen molar-refractivity contribution in [1.29, 1.82) is 0 Å². The van der Waals surface area contributed by atoms with Crippen LogP contribution in [0.15, 0.2) is 0 Å². The molecule has 0 unspecified atom stereocenters. The van der Waals surface area contributed by atoms with E-state index in [0.717, 1.165) is 0 Å². The molecule has 0 bridgehead atoms. The second-order valence-electron chi connectivity index (χ2n) is 2.17. The Morgan fingerprint density at radius 3 is 2.20 bits per heavy atom. The molecule has 0 saturated carbocycles. The quantitative estimate of drug-likeness (QED) is 0.237. The minimum Gasteiger partial charge on any atom is -1.00 e. The normalized spacial score (nSPS) is 22.7. The van der Waals surface area contributed by atoms with Gasteiger partial charge in [0.1, 0.15) is 0 Å². The van der Waals surface area contributed by atoms with E-state index in [-0.39, 0.29) is 20.3 Å². The summed E-state index contributed by atoms with van der Waals surface area (Å²) in [5, 5.41) is 9.58. The first-order chi connectivity index (χ1) is 6.45. The fourth-order valence-electron chi connectivity index (χ4n) is 0.514. The molecular weight excluding hydrogens is 238 g/mol. The van der Waals surface area contributed by atoms with Gasteiger partial charge >= 0.3 is 92.5 Å². The van der Waals surface area contributed by atoms with E-state index in [0.29, 0.717) is 0 Å². The van der Waals surface area contributed by atoms with Crippen molar-refractivity contribution in [2.75, 3.05) is 0 Å². The van der Waals surface area contributed by atoms with E-state index in [1.807, 2.05) is 0 Å². The first kappa shape index (κ1) is 14.7. The molecule has 1 rings (SSSR count). The molecule has 1 saturated heterocycles. The third-order valence-corrected chi connectivity index (χ3v) is 2.73. The molecule has 12 heteroatoms. The minimum atomic E-state index is -5.24. The van der Waals surface area contributed by atoms with Gasteiger partial charge in [0.15, 0.2) is 0 Å². The molecule has 0 aromatic carbocycles. The molecule has 2 N–H and O–H groups in total. The van der Waals surface area contributed by atoms with E-state index in [4.69, 9.17) is 5.11 Å². The van der Waals surface area contributed by atoms with E-state index >= 15 is 0 Å². The van der Waals surface area contributed by atoms with Crippen molar-refractivity contribution < 1.29 is 62.6 Å². The van der Waals surface area contributed by atoms with Crippen LogP contribution in [-0.2, 0) is 28.2 Å². The molecule has 0 aromatic heterocycles. The molecule has 0 atom stereocenters. The molecule has 0 radical (unpaired) electrons. The van der Waals surface area contributed by atoms with Gasteiger partial charge in [-0.1, -0.05) is 0 Å². The van der Waals surface area contributed by atoms with Crippen LogP contribution in [0.2, 0.25) is 0 Å². The summed E-state index contributed by atoms with van der Waals surface area (Å²) < 4.78 is 37.2. The third-order valence-electron chi connectivity index (χ3n) is 1.11. The van der Waals surface area contributed by atoms with E-state index in [2.05, 4.69) is 18.6 Å². The Balaban J connectivity index is 0. The van der Waals surface area contributed by atoms with Crippen molar-refractivity contribution >= 4 is 19.6 Å². The smallest absolute Gasteiger partial charge is 1.00 e. The molecule has 15 heavy (non-hydrogen) atoms. The Bertz CT molecular complexity index is 283. The average molecular weight is 243 g/mol. The monoisotopic (exact) mass is 243 g/mol. The van der Waals surface area contributed by atoms with Crippen LogP contribution in [0.1, 0.15) is 7.85 Å². The standard InChI is InChI=1S/C3H4F2NO7P.Li.H/c4-11-14(12-5,6-13-14)10-3(9)1-2(7)8;;/h6H,1H2,(H,7,8);;/q;+1;-1. The van der Waals surface area contributed by atoms with Crippen LogP contribution in [0.25, 0.3) is 0 Å². The second-order valence-corrected chi connectivity index (χ2v) is 4.62. The first-order valence-corrected chi connectivity index (χ1v) is 4.92. The third kappa shape index (κ3) is 3.06. The van der Waals surface area contributed by atoms with Gasteiger partial charge < -0.3 is 1.43 Å².